The van der Waals surface area contributed by atoms with Crippen LogP contribution in [0.4, 0.5) is 0 Å². The molecule has 3 fully saturated rings. The average molecular weight is 238 g/mol. The van der Waals surface area contributed by atoms with E-state index in [4.69, 9.17) is 4.74 Å². The van der Waals surface area contributed by atoms with Crippen molar-refractivity contribution in [2.75, 3.05) is 6.61 Å². The maximum absolute atomic E-state index is 10.9. The van der Waals surface area contributed by atoms with Crippen molar-refractivity contribution in [3.05, 3.63) is 0 Å². The second-order valence-electron chi connectivity index (χ2n) is 7.14. The zero-order chi connectivity index (χ0) is 12.1. The van der Waals surface area contributed by atoms with E-state index in [1.165, 1.54) is 38.5 Å². The van der Waals surface area contributed by atoms with Crippen molar-refractivity contribution in [3.63, 3.8) is 0 Å². The molecule has 2 aliphatic carbocycles. The zero-order valence-electron chi connectivity index (χ0n) is 11.3. The third-order valence-corrected chi connectivity index (χ3v) is 6.02. The van der Waals surface area contributed by atoms with Crippen molar-refractivity contribution in [3.8, 4) is 0 Å². The Morgan fingerprint density at radius 2 is 1.82 bits per heavy atom. The lowest BCUT2D eigenvalue weighted by molar-refractivity contribution is -0.154. The highest BCUT2D eigenvalue weighted by atomic mass is 16.5. The maximum Gasteiger partial charge on any atom is 0.0702 e. The van der Waals surface area contributed by atoms with Gasteiger partial charge in [-0.1, -0.05) is 19.8 Å². The van der Waals surface area contributed by atoms with E-state index in [2.05, 4.69) is 13.8 Å². The van der Waals surface area contributed by atoms with Gasteiger partial charge in [-0.05, 0) is 56.8 Å². The summed E-state index contributed by atoms with van der Waals surface area (Å²) in [6.45, 7) is 5.19. The molecule has 2 nitrogen and oxygen atoms in total. The summed E-state index contributed by atoms with van der Waals surface area (Å²) in [6, 6.07) is 0. The second-order valence-corrected chi connectivity index (χ2v) is 7.14. The molecule has 3 rings (SSSR count). The van der Waals surface area contributed by atoms with E-state index in [1.54, 1.807) is 0 Å². The molecule has 1 N–H and O–H groups in total. The Hall–Kier alpha value is -0.0800. The van der Waals surface area contributed by atoms with Gasteiger partial charge >= 0.3 is 0 Å². The van der Waals surface area contributed by atoms with E-state index in [0.29, 0.717) is 5.92 Å². The predicted molar refractivity (Wildman–Crippen MR) is 67.8 cm³/mol. The molecule has 3 aliphatic rings. The number of hydrogen-bond acceptors (Lipinski definition) is 2. The lowest BCUT2D eigenvalue weighted by Gasteiger charge is -2.46. The molecule has 1 saturated heterocycles. The highest BCUT2D eigenvalue weighted by molar-refractivity contribution is 5.08. The van der Waals surface area contributed by atoms with Gasteiger partial charge in [-0.3, -0.25) is 0 Å². The van der Waals surface area contributed by atoms with Crippen molar-refractivity contribution in [1.29, 1.82) is 0 Å². The summed E-state index contributed by atoms with van der Waals surface area (Å²) in [7, 11) is 0. The van der Waals surface area contributed by atoms with Crippen molar-refractivity contribution in [2.24, 2.45) is 11.3 Å². The first-order valence-corrected chi connectivity index (χ1v) is 7.34. The highest BCUT2D eigenvalue weighted by Gasteiger charge is 2.57. The Balaban J connectivity index is 1.75. The van der Waals surface area contributed by atoms with Gasteiger partial charge in [-0.2, -0.15) is 0 Å². The summed E-state index contributed by atoms with van der Waals surface area (Å²) in [5, 5.41) is 10.9. The van der Waals surface area contributed by atoms with E-state index in [9.17, 15) is 5.11 Å². The van der Waals surface area contributed by atoms with Gasteiger partial charge in [0.15, 0.2) is 0 Å². The van der Waals surface area contributed by atoms with Crippen LogP contribution in [-0.4, -0.2) is 22.9 Å². The Bertz CT molecular complexity index is 298. The van der Waals surface area contributed by atoms with Crippen LogP contribution in [0.25, 0.3) is 0 Å². The molecule has 2 heteroatoms. The summed E-state index contributed by atoms with van der Waals surface area (Å²) < 4.78 is 6.07. The molecule has 1 heterocycles. The Labute approximate surface area is 105 Å². The molecular formula is C15H26O2. The van der Waals surface area contributed by atoms with Gasteiger partial charge in [0, 0.05) is 6.61 Å². The fourth-order valence-corrected chi connectivity index (χ4v) is 4.06. The van der Waals surface area contributed by atoms with E-state index < -0.39 is 5.60 Å². The molecule has 0 bridgehead atoms. The molecule has 0 amide bonds. The molecule has 2 atom stereocenters. The van der Waals surface area contributed by atoms with Gasteiger partial charge in [0.2, 0.25) is 0 Å². The quantitative estimate of drug-likeness (QED) is 0.800. The predicted octanol–water partition coefficient (Wildman–Crippen LogP) is 3.28. The SMILES string of the molecule is CC1(C(C)(O)C2CCOC3(CCCC3)C2)CC1. The highest BCUT2D eigenvalue weighted by Crippen LogP contribution is 2.59. The third kappa shape index (κ3) is 1.84. The largest absolute Gasteiger partial charge is 0.389 e. The van der Waals surface area contributed by atoms with Gasteiger partial charge in [-0.15, -0.1) is 0 Å². The number of ether oxygens (including phenoxy) is 1. The Kier molecular flexibility index (Phi) is 2.61. The van der Waals surface area contributed by atoms with Gasteiger partial charge in [0.1, 0.15) is 0 Å². The minimum atomic E-state index is -0.480. The van der Waals surface area contributed by atoms with Crippen molar-refractivity contribution in [1.82, 2.24) is 0 Å². The molecule has 1 aliphatic heterocycles. The fraction of sp³-hybridized carbons (Fsp3) is 1.00. The lowest BCUT2D eigenvalue weighted by atomic mass is 9.69. The summed E-state index contributed by atoms with van der Waals surface area (Å²) >= 11 is 0. The van der Waals surface area contributed by atoms with Crippen LogP contribution in [-0.2, 0) is 4.74 Å². The minimum Gasteiger partial charge on any atom is -0.389 e. The van der Waals surface area contributed by atoms with Crippen LogP contribution in [0.1, 0.15) is 65.2 Å². The molecule has 98 valence electrons. The van der Waals surface area contributed by atoms with E-state index in [0.717, 1.165) is 19.4 Å². The van der Waals surface area contributed by atoms with Crippen LogP contribution in [0.3, 0.4) is 0 Å². The summed E-state index contributed by atoms with van der Waals surface area (Å²) in [6.07, 6.45) is 9.60. The number of hydrogen-bond donors (Lipinski definition) is 1. The Morgan fingerprint density at radius 3 is 2.41 bits per heavy atom. The first-order chi connectivity index (χ1) is 7.98. The molecule has 0 radical (unpaired) electrons. The molecule has 0 aromatic rings. The van der Waals surface area contributed by atoms with Crippen molar-refractivity contribution < 1.29 is 9.84 Å². The van der Waals surface area contributed by atoms with Gasteiger partial charge in [0.25, 0.3) is 0 Å². The summed E-state index contributed by atoms with van der Waals surface area (Å²) in [5.74, 6) is 0.446. The number of aliphatic hydroxyl groups is 1. The van der Waals surface area contributed by atoms with Crippen molar-refractivity contribution in [2.45, 2.75) is 76.4 Å². The maximum atomic E-state index is 10.9. The molecule has 0 aromatic carbocycles. The third-order valence-electron chi connectivity index (χ3n) is 6.02. The molecule has 0 aromatic heterocycles. The van der Waals surface area contributed by atoms with Crippen LogP contribution in [0.5, 0.6) is 0 Å². The smallest absolute Gasteiger partial charge is 0.0702 e. The summed E-state index contributed by atoms with van der Waals surface area (Å²) in [5.41, 5.74) is -0.153. The summed E-state index contributed by atoms with van der Waals surface area (Å²) in [4.78, 5) is 0. The van der Waals surface area contributed by atoms with Crippen LogP contribution >= 0.6 is 0 Å². The lowest BCUT2D eigenvalue weighted by Crippen LogP contribution is -2.50. The molecule has 2 saturated carbocycles. The van der Waals surface area contributed by atoms with E-state index >= 15 is 0 Å². The minimum absolute atomic E-state index is 0.137. The average Bonchev–Trinajstić information content (AvgIpc) is 2.91. The zero-order valence-corrected chi connectivity index (χ0v) is 11.3. The molecular weight excluding hydrogens is 212 g/mol. The first-order valence-electron chi connectivity index (χ1n) is 7.34. The van der Waals surface area contributed by atoms with Crippen molar-refractivity contribution >= 4 is 0 Å². The van der Waals surface area contributed by atoms with Gasteiger partial charge < -0.3 is 9.84 Å². The Morgan fingerprint density at radius 1 is 1.18 bits per heavy atom. The molecule has 17 heavy (non-hydrogen) atoms. The van der Waals surface area contributed by atoms with E-state index in [-0.39, 0.29) is 11.0 Å². The first kappa shape index (κ1) is 12.0. The monoisotopic (exact) mass is 238 g/mol. The van der Waals surface area contributed by atoms with Crippen LogP contribution in [0.2, 0.25) is 0 Å². The fourth-order valence-electron chi connectivity index (χ4n) is 4.06. The molecule has 2 unspecified atom stereocenters. The normalized spacial score (nSPS) is 37.9. The number of rotatable bonds is 2. The van der Waals surface area contributed by atoms with Crippen LogP contribution in [0.15, 0.2) is 0 Å². The topological polar surface area (TPSA) is 29.5 Å². The van der Waals surface area contributed by atoms with Crippen LogP contribution in [0, 0.1) is 11.3 Å². The second kappa shape index (κ2) is 3.71. The van der Waals surface area contributed by atoms with Gasteiger partial charge in [-0.25, -0.2) is 0 Å². The van der Waals surface area contributed by atoms with Gasteiger partial charge in [0.05, 0.1) is 11.2 Å². The van der Waals surface area contributed by atoms with E-state index in [1.807, 2.05) is 0 Å². The standard InChI is InChI=1S/C15H26O2/c1-13(8-9-13)14(2,16)12-5-10-17-15(11-12)6-3-4-7-15/h12,16H,3-11H2,1-2H3. The van der Waals surface area contributed by atoms with Crippen LogP contribution < -0.4 is 0 Å². The molecule has 1 spiro atoms.